The van der Waals surface area contributed by atoms with Crippen molar-refractivity contribution < 1.29 is 0 Å². The Balaban J connectivity index is 1.64. The van der Waals surface area contributed by atoms with Crippen LogP contribution in [0, 0.1) is 35.5 Å². The zero-order chi connectivity index (χ0) is 20.9. The van der Waals surface area contributed by atoms with Gasteiger partial charge in [0.2, 0.25) is 0 Å². The highest BCUT2D eigenvalue weighted by Crippen LogP contribution is 2.47. The Morgan fingerprint density at radius 1 is 1.30 bits per heavy atom. The zero-order valence-electron chi connectivity index (χ0n) is 16.2. The molecular formula is C20H18N10. The van der Waals surface area contributed by atoms with Crippen LogP contribution in [-0.2, 0) is 5.54 Å². The van der Waals surface area contributed by atoms with Crippen molar-refractivity contribution in [1.29, 1.82) is 10.5 Å². The number of aromatic amines is 1. The van der Waals surface area contributed by atoms with Crippen molar-refractivity contribution in [3.05, 3.63) is 36.4 Å². The van der Waals surface area contributed by atoms with Gasteiger partial charge in [-0.25, -0.2) is 9.50 Å². The van der Waals surface area contributed by atoms with E-state index in [2.05, 4.69) is 32.5 Å². The predicted octanol–water partition coefficient (Wildman–Crippen LogP) is 2.42. The van der Waals surface area contributed by atoms with Gasteiger partial charge in [-0.05, 0) is 31.9 Å². The first-order valence-corrected chi connectivity index (χ1v) is 9.52. The van der Waals surface area contributed by atoms with Gasteiger partial charge >= 0.3 is 0 Å². The van der Waals surface area contributed by atoms with Crippen molar-refractivity contribution in [2.45, 2.75) is 31.7 Å². The molecule has 0 amide bonds. The van der Waals surface area contributed by atoms with Crippen molar-refractivity contribution >= 4 is 11.3 Å². The number of hydrogen-bond donors (Lipinski definition) is 2. The Kier molecular flexibility index (Phi) is 3.83. The van der Waals surface area contributed by atoms with Gasteiger partial charge in [0.05, 0.1) is 53.5 Å². The van der Waals surface area contributed by atoms with Crippen LogP contribution in [0.3, 0.4) is 0 Å². The molecule has 0 radical (unpaired) electrons. The molecule has 0 saturated heterocycles. The molecule has 10 heteroatoms. The van der Waals surface area contributed by atoms with Gasteiger partial charge in [-0.15, -0.1) is 0 Å². The molecule has 0 aliphatic heterocycles. The summed E-state index contributed by atoms with van der Waals surface area (Å²) in [7, 11) is 0. The lowest BCUT2D eigenvalue weighted by Gasteiger charge is -2.43. The van der Waals surface area contributed by atoms with Gasteiger partial charge < -0.3 is 5.73 Å². The van der Waals surface area contributed by atoms with Crippen molar-refractivity contribution in [2.24, 2.45) is 5.92 Å². The average molecular weight is 398 g/mol. The maximum Gasteiger partial charge on any atom is 0.155 e. The van der Waals surface area contributed by atoms with Gasteiger partial charge in [-0.2, -0.15) is 25.8 Å². The largest absolute Gasteiger partial charge is 0.382 e. The molecule has 5 rings (SSSR count). The fourth-order valence-electron chi connectivity index (χ4n) is 4.12. The lowest BCUT2D eigenvalue weighted by Crippen LogP contribution is -2.46. The Morgan fingerprint density at radius 2 is 2.13 bits per heavy atom. The number of aryl methyl sites for hydroxylation is 1. The molecule has 1 fully saturated rings. The number of nitrogens with one attached hydrogen (secondary N) is 1. The van der Waals surface area contributed by atoms with E-state index in [-0.39, 0.29) is 12.3 Å². The minimum Gasteiger partial charge on any atom is -0.382 e. The van der Waals surface area contributed by atoms with E-state index in [0.717, 1.165) is 11.2 Å². The number of nitrogens with zero attached hydrogens (tertiary/aromatic N) is 8. The molecular weight excluding hydrogens is 380 g/mol. The fourth-order valence-corrected chi connectivity index (χ4v) is 4.12. The van der Waals surface area contributed by atoms with Crippen molar-refractivity contribution in [2.75, 3.05) is 5.73 Å². The fraction of sp³-hybridized carbons (Fsp3) is 0.300. The average Bonchev–Trinajstić information content (AvgIpc) is 3.43. The molecule has 148 valence electrons. The molecule has 30 heavy (non-hydrogen) atoms. The third kappa shape index (κ3) is 2.62. The first kappa shape index (κ1) is 17.9. The molecule has 0 aromatic carbocycles. The summed E-state index contributed by atoms with van der Waals surface area (Å²) in [6.07, 6.45) is 6.78. The van der Waals surface area contributed by atoms with Crippen LogP contribution in [0.1, 0.15) is 25.0 Å². The molecule has 3 N–H and O–H groups in total. The van der Waals surface area contributed by atoms with E-state index in [1.807, 2.05) is 31.5 Å². The zero-order valence-corrected chi connectivity index (χ0v) is 16.2. The number of fused-ring (bicyclic) bond motifs is 1. The maximum absolute atomic E-state index is 9.32. The Hall–Kier alpha value is -4.18. The van der Waals surface area contributed by atoms with Gasteiger partial charge in [-0.3, -0.25) is 9.78 Å². The highest BCUT2D eigenvalue weighted by atomic mass is 15.3. The van der Waals surface area contributed by atoms with Crippen LogP contribution in [0.2, 0.25) is 0 Å². The van der Waals surface area contributed by atoms with E-state index in [1.54, 1.807) is 15.4 Å². The van der Waals surface area contributed by atoms with Crippen LogP contribution in [0.15, 0.2) is 30.7 Å². The van der Waals surface area contributed by atoms with Crippen molar-refractivity contribution in [3.63, 3.8) is 0 Å². The molecule has 1 aliphatic carbocycles. The molecule has 0 atom stereocenters. The monoisotopic (exact) mass is 398 g/mol. The summed E-state index contributed by atoms with van der Waals surface area (Å²) in [5.41, 5.74) is 10.2. The van der Waals surface area contributed by atoms with E-state index in [4.69, 9.17) is 10.7 Å². The van der Waals surface area contributed by atoms with Gasteiger partial charge in [-0.1, -0.05) is 0 Å². The first-order chi connectivity index (χ1) is 14.5. The highest BCUT2D eigenvalue weighted by molar-refractivity contribution is 5.83. The molecule has 0 unspecified atom stereocenters. The Morgan fingerprint density at radius 3 is 2.83 bits per heavy atom. The Bertz CT molecular complexity index is 1340. The van der Waals surface area contributed by atoms with Crippen LogP contribution in [-0.4, -0.2) is 34.6 Å². The second-order valence-electron chi connectivity index (χ2n) is 7.74. The van der Waals surface area contributed by atoms with Gasteiger partial charge in [0, 0.05) is 11.9 Å². The normalized spacial score (nSPS) is 20.6. The number of nitrogen functional groups attached to an aromatic ring is 1. The minimum atomic E-state index is -0.505. The topological polar surface area (TPSA) is 150 Å². The van der Waals surface area contributed by atoms with Crippen LogP contribution >= 0.6 is 0 Å². The summed E-state index contributed by atoms with van der Waals surface area (Å²) in [5, 5.41) is 34.6. The van der Waals surface area contributed by atoms with E-state index < -0.39 is 5.54 Å². The molecule has 0 bridgehead atoms. The summed E-state index contributed by atoms with van der Waals surface area (Å²) >= 11 is 0. The molecule has 4 aromatic rings. The van der Waals surface area contributed by atoms with Crippen LogP contribution in [0.5, 0.6) is 0 Å². The summed E-state index contributed by atoms with van der Waals surface area (Å²) in [6, 6.07) is 8.27. The molecule has 1 saturated carbocycles. The Labute approximate surface area is 171 Å². The number of hydrogen-bond acceptors (Lipinski definition) is 7. The third-order valence-corrected chi connectivity index (χ3v) is 5.69. The van der Waals surface area contributed by atoms with Gasteiger partial charge in [0.25, 0.3) is 0 Å². The summed E-state index contributed by atoms with van der Waals surface area (Å²) in [6.45, 7) is 1.92. The standard InChI is InChI=1S/C20H18N10/c1-12-6-15(27-26-12)16-11-29-17(2-5-24-29)18(25-16)14-10-30(28-19(14)23)20(3-4-21)7-13(8-20)9-22/h2,5-6,10-11,13H,3,7-8H2,1H3,(H2,23,28)(H,26,27)/t13-,20-. The second kappa shape index (κ2) is 6.42. The first-order valence-electron chi connectivity index (χ1n) is 9.52. The summed E-state index contributed by atoms with van der Waals surface area (Å²) in [5.74, 6) is 0.247. The second-order valence-corrected chi connectivity index (χ2v) is 7.74. The predicted molar refractivity (Wildman–Crippen MR) is 107 cm³/mol. The van der Waals surface area contributed by atoms with Gasteiger partial charge in [0.15, 0.2) is 5.82 Å². The lowest BCUT2D eigenvalue weighted by molar-refractivity contribution is 0.0885. The van der Waals surface area contributed by atoms with E-state index in [0.29, 0.717) is 41.3 Å². The van der Waals surface area contributed by atoms with Crippen LogP contribution in [0.4, 0.5) is 5.82 Å². The molecule has 4 heterocycles. The minimum absolute atomic E-state index is 0.0712. The summed E-state index contributed by atoms with van der Waals surface area (Å²) in [4.78, 5) is 4.81. The number of aromatic nitrogens is 7. The molecule has 1 aliphatic rings. The maximum atomic E-state index is 9.32. The number of H-pyrrole nitrogens is 1. The third-order valence-electron chi connectivity index (χ3n) is 5.69. The molecule has 0 spiro atoms. The van der Waals surface area contributed by atoms with Crippen LogP contribution < -0.4 is 5.73 Å². The highest BCUT2D eigenvalue weighted by Gasteiger charge is 2.47. The van der Waals surface area contributed by atoms with E-state index in [9.17, 15) is 10.5 Å². The SMILES string of the molecule is Cc1cc(-c2cn3nccc3c(-c3cn([C@]4(CC#N)C[C@@H](C#N)C4)nc3N)n2)n[nH]1. The number of anilines is 1. The van der Waals surface area contributed by atoms with Gasteiger partial charge in [0.1, 0.15) is 17.1 Å². The smallest absolute Gasteiger partial charge is 0.155 e. The van der Waals surface area contributed by atoms with E-state index in [1.165, 1.54) is 0 Å². The number of nitrogens with two attached hydrogens (primary N) is 1. The molecule has 4 aromatic heterocycles. The summed E-state index contributed by atoms with van der Waals surface area (Å²) < 4.78 is 3.48. The quantitative estimate of drug-likeness (QED) is 0.536. The van der Waals surface area contributed by atoms with Crippen molar-refractivity contribution in [3.8, 4) is 34.8 Å². The van der Waals surface area contributed by atoms with Crippen LogP contribution in [0.25, 0.3) is 28.2 Å². The number of rotatable bonds is 4. The van der Waals surface area contributed by atoms with Crippen molar-refractivity contribution in [1.82, 2.24) is 34.6 Å². The van der Waals surface area contributed by atoms with E-state index >= 15 is 0 Å². The lowest BCUT2D eigenvalue weighted by atomic mass is 9.67. The molecule has 10 nitrogen and oxygen atoms in total. The number of nitriles is 2.